The molecule has 5 heteroatoms. The van der Waals surface area contributed by atoms with Crippen LogP contribution in [0.15, 0.2) is 18.2 Å². The van der Waals surface area contributed by atoms with Crippen LogP contribution in [0.1, 0.15) is 38.2 Å². The largest absolute Gasteiger partial charge is 0.416 e. The van der Waals surface area contributed by atoms with Crippen LogP contribution in [0.25, 0.3) is 0 Å². The summed E-state index contributed by atoms with van der Waals surface area (Å²) >= 11 is 5.77. The maximum Gasteiger partial charge on any atom is 0.416 e. The second-order valence-corrected chi connectivity index (χ2v) is 5.51. The monoisotopic (exact) mass is 291 g/mol. The van der Waals surface area contributed by atoms with Gasteiger partial charge in [0.1, 0.15) is 0 Å². The minimum absolute atomic E-state index is 0.114. The number of halogens is 4. The van der Waals surface area contributed by atoms with Crippen LogP contribution in [-0.4, -0.2) is 6.04 Å². The highest BCUT2D eigenvalue weighted by Gasteiger charge is 2.32. The first kappa shape index (κ1) is 14.5. The van der Waals surface area contributed by atoms with Crippen LogP contribution in [0.4, 0.5) is 18.9 Å². The SMILES string of the molecule is CCC1CCCC1Nc1cc(Cl)cc(C(F)(F)F)c1. The Balaban J connectivity index is 2.18. The summed E-state index contributed by atoms with van der Waals surface area (Å²) in [5, 5.41) is 3.32. The average molecular weight is 292 g/mol. The van der Waals surface area contributed by atoms with Gasteiger partial charge < -0.3 is 5.32 Å². The molecule has 1 aromatic carbocycles. The Morgan fingerprint density at radius 3 is 2.63 bits per heavy atom. The number of rotatable bonds is 3. The van der Waals surface area contributed by atoms with E-state index in [9.17, 15) is 13.2 Å². The van der Waals surface area contributed by atoms with Crippen LogP contribution in [0.5, 0.6) is 0 Å². The van der Waals surface area contributed by atoms with Gasteiger partial charge in [-0.25, -0.2) is 0 Å². The number of hydrogen-bond acceptors (Lipinski definition) is 1. The van der Waals surface area contributed by atoms with Crippen molar-refractivity contribution in [3.05, 3.63) is 28.8 Å². The Morgan fingerprint density at radius 1 is 1.26 bits per heavy atom. The molecule has 106 valence electrons. The summed E-state index contributed by atoms with van der Waals surface area (Å²) in [5.74, 6) is 0.535. The molecule has 1 aromatic rings. The molecule has 0 spiro atoms. The van der Waals surface area contributed by atoms with E-state index < -0.39 is 11.7 Å². The van der Waals surface area contributed by atoms with Crippen molar-refractivity contribution in [3.8, 4) is 0 Å². The zero-order valence-electron chi connectivity index (χ0n) is 10.7. The first-order valence-electron chi connectivity index (χ1n) is 6.54. The fraction of sp³-hybridized carbons (Fsp3) is 0.571. The highest BCUT2D eigenvalue weighted by atomic mass is 35.5. The lowest BCUT2D eigenvalue weighted by Gasteiger charge is -2.21. The van der Waals surface area contributed by atoms with Gasteiger partial charge in [-0.05, 0) is 37.0 Å². The maximum absolute atomic E-state index is 12.7. The minimum Gasteiger partial charge on any atom is -0.382 e. The van der Waals surface area contributed by atoms with Crippen molar-refractivity contribution in [2.24, 2.45) is 5.92 Å². The van der Waals surface area contributed by atoms with Crippen molar-refractivity contribution in [1.82, 2.24) is 0 Å². The molecule has 1 N–H and O–H groups in total. The molecule has 2 rings (SSSR count). The zero-order chi connectivity index (χ0) is 14.0. The van der Waals surface area contributed by atoms with Gasteiger partial charge in [-0.2, -0.15) is 13.2 Å². The lowest BCUT2D eigenvalue weighted by molar-refractivity contribution is -0.137. The lowest BCUT2D eigenvalue weighted by Crippen LogP contribution is -2.23. The molecule has 19 heavy (non-hydrogen) atoms. The van der Waals surface area contributed by atoms with E-state index >= 15 is 0 Å². The van der Waals surface area contributed by atoms with Crippen molar-refractivity contribution in [2.75, 3.05) is 5.32 Å². The Morgan fingerprint density at radius 2 is 2.00 bits per heavy atom. The summed E-state index contributed by atoms with van der Waals surface area (Å²) in [6, 6.07) is 3.90. The van der Waals surface area contributed by atoms with Crippen LogP contribution in [0, 0.1) is 5.92 Å². The van der Waals surface area contributed by atoms with Crippen molar-refractivity contribution < 1.29 is 13.2 Å². The van der Waals surface area contributed by atoms with Crippen LogP contribution < -0.4 is 5.32 Å². The first-order chi connectivity index (χ1) is 8.90. The van der Waals surface area contributed by atoms with Gasteiger partial charge in [-0.1, -0.05) is 31.4 Å². The molecule has 0 aromatic heterocycles. The molecule has 2 atom stereocenters. The smallest absolute Gasteiger partial charge is 0.382 e. The predicted molar refractivity (Wildman–Crippen MR) is 71.5 cm³/mol. The fourth-order valence-electron chi connectivity index (χ4n) is 2.77. The van der Waals surface area contributed by atoms with Crippen molar-refractivity contribution in [3.63, 3.8) is 0 Å². The molecule has 1 aliphatic carbocycles. The Bertz CT molecular complexity index is 445. The molecule has 0 saturated heterocycles. The highest BCUT2D eigenvalue weighted by Crippen LogP contribution is 2.35. The van der Waals surface area contributed by atoms with Gasteiger partial charge in [-0.3, -0.25) is 0 Å². The Kier molecular flexibility index (Phi) is 4.29. The van der Waals surface area contributed by atoms with Crippen LogP contribution >= 0.6 is 11.6 Å². The van der Waals surface area contributed by atoms with Crippen LogP contribution in [0.2, 0.25) is 5.02 Å². The van der Waals surface area contributed by atoms with E-state index in [1.165, 1.54) is 0 Å². The average Bonchev–Trinajstić information content (AvgIpc) is 2.74. The van der Waals surface area contributed by atoms with Gasteiger partial charge >= 0.3 is 6.18 Å². The normalized spacial score (nSPS) is 23.6. The summed E-state index contributed by atoms with van der Waals surface area (Å²) in [6.07, 6.45) is -0.0401. The second kappa shape index (κ2) is 5.61. The summed E-state index contributed by atoms with van der Waals surface area (Å²) in [7, 11) is 0. The molecule has 1 saturated carbocycles. The van der Waals surface area contributed by atoms with Gasteiger partial charge in [0.2, 0.25) is 0 Å². The number of hydrogen-bond donors (Lipinski definition) is 1. The molecule has 0 aliphatic heterocycles. The molecule has 0 amide bonds. The zero-order valence-corrected chi connectivity index (χ0v) is 11.5. The Hall–Kier alpha value is -0.900. The fourth-order valence-corrected chi connectivity index (χ4v) is 3.00. The van der Waals surface area contributed by atoms with Crippen molar-refractivity contribution in [2.45, 2.75) is 44.8 Å². The number of nitrogens with one attached hydrogen (secondary N) is 1. The third-order valence-electron chi connectivity index (χ3n) is 3.76. The molecule has 1 aliphatic rings. The van der Waals surface area contributed by atoms with E-state index in [1.54, 1.807) is 6.07 Å². The van der Waals surface area contributed by atoms with Gasteiger partial charge in [0.25, 0.3) is 0 Å². The van der Waals surface area contributed by atoms with Crippen molar-refractivity contribution in [1.29, 1.82) is 0 Å². The minimum atomic E-state index is -4.36. The van der Waals surface area contributed by atoms with E-state index in [1.807, 2.05) is 0 Å². The highest BCUT2D eigenvalue weighted by molar-refractivity contribution is 6.30. The second-order valence-electron chi connectivity index (χ2n) is 5.08. The molecule has 0 radical (unpaired) electrons. The number of benzene rings is 1. The van der Waals surface area contributed by atoms with Crippen LogP contribution in [0.3, 0.4) is 0 Å². The van der Waals surface area contributed by atoms with Gasteiger partial charge in [0.05, 0.1) is 5.56 Å². The Labute approximate surface area is 116 Å². The van der Waals surface area contributed by atoms with Crippen molar-refractivity contribution >= 4 is 17.3 Å². The molecular weight excluding hydrogens is 275 g/mol. The molecule has 2 unspecified atom stereocenters. The topological polar surface area (TPSA) is 12.0 Å². The standard InChI is InChI=1S/C14H17ClF3N/c1-2-9-4-3-5-13(9)19-12-7-10(14(16,17)18)6-11(15)8-12/h6-9,13,19H,2-5H2,1H3. The van der Waals surface area contributed by atoms with Gasteiger partial charge in [0, 0.05) is 16.8 Å². The molecule has 0 heterocycles. The number of alkyl halides is 3. The van der Waals surface area contributed by atoms with Crippen LogP contribution in [-0.2, 0) is 6.18 Å². The number of anilines is 1. The molecule has 1 fully saturated rings. The summed E-state index contributed by atoms with van der Waals surface area (Å²) in [5.41, 5.74) is -0.237. The molecular formula is C14H17ClF3N. The first-order valence-corrected chi connectivity index (χ1v) is 6.92. The quantitative estimate of drug-likeness (QED) is 0.791. The third kappa shape index (κ3) is 3.56. The summed E-state index contributed by atoms with van der Waals surface area (Å²) in [6.45, 7) is 2.11. The van der Waals surface area contributed by atoms with E-state index in [-0.39, 0.29) is 11.1 Å². The van der Waals surface area contributed by atoms with E-state index in [4.69, 9.17) is 11.6 Å². The lowest BCUT2D eigenvalue weighted by atomic mass is 10.0. The van der Waals surface area contributed by atoms with Gasteiger partial charge in [0.15, 0.2) is 0 Å². The predicted octanol–water partition coefficient (Wildman–Crippen LogP) is 5.35. The summed E-state index contributed by atoms with van der Waals surface area (Å²) in [4.78, 5) is 0. The van der Waals surface area contributed by atoms with Gasteiger partial charge in [-0.15, -0.1) is 0 Å². The molecule has 1 nitrogen and oxygen atoms in total. The molecule has 0 bridgehead atoms. The summed E-state index contributed by atoms with van der Waals surface area (Å²) < 4.78 is 38.2. The van der Waals surface area contributed by atoms with E-state index in [0.29, 0.717) is 11.6 Å². The maximum atomic E-state index is 12.7. The van der Waals surface area contributed by atoms with E-state index in [2.05, 4.69) is 12.2 Å². The third-order valence-corrected chi connectivity index (χ3v) is 3.98. The van der Waals surface area contributed by atoms with E-state index in [0.717, 1.165) is 37.8 Å².